The van der Waals surface area contributed by atoms with Crippen molar-refractivity contribution in [2.45, 2.75) is 25.4 Å². The smallest absolute Gasteiger partial charge is 0.326 e. The number of imidazole rings is 1. The maximum absolute atomic E-state index is 14.2. The van der Waals surface area contributed by atoms with Gasteiger partial charge in [-0.3, -0.25) is 4.98 Å². The van der Waals surface area contributed by atoms with Crippen LogP contribution in [0.15, 0.2) is 28.0 Å². The van der Waals surface area contributed by atoms with Crippen LogP contribution in [0.5, 0.6) is 5.88 Å². The van der Waals surface area contributed by atoms with E-state index >= 15 is 0 Å². The van der Waals surface area contributed by atoms with Crippen molar-refractivity contribution in [3.63, 3.8) is 0 Å². The predicted molar refractivity (Wildman–Crippen MR) is 113 cm³/mol. The Labute approximate surface area is 179 Å². The van der Waals surface area contributed by atoms with E-state index < -0.39 is 11.5 Å². The number of benzene rings is 1. The minimum absolute atomic E-state index is 0.0453. The number of anilines is 1. The number of aromatic amines is 2. The number of hydrogen-bond donors (Lipinski definition) is 5. The summed E-state index contributed by atoms with van der Waals surface area (Å²) < 4.78 is 15.9. The Kier molecular flexibility index (Phi) is 4.74. The second-order valence-electron chi connectivity index (χ2n) is 7.28. The third-order valence-corrected chi connectivity index (χ3v) is 5.20. The first-order chi connectivity index (χ1) is 15.0. The minimum Gasteiger partial charge on any atom is -0.493 e. The van der Waals surface area contributed by atoms with Crippen LogP contribution in [0.3, 0.4) is 0 Å². The van der Waals surface area contributed by atoms with Crippen LogP contribution >= 0.6 is 11.6 Å². The summed E-state index contributed by atoms with van der Waals surface area (Å²) in [4.78, 5) is 29.9. The summed E-state index contributed by atoms with van der Waals surface area (Å²) in [5.74, 6) is 0.0308. The van der Waals surface area contributed by atoms with E-state index in [9.17, 15) is 14.3 Å². The summed E-state index contributed by atoms with van der Waals surface area (Å²) >= 11 is 5.86. The van der Waals surface area contributed by atoms with Gasteiger partial charge in [-0.25, -0.2) is 18.9 Å². The van der Waals surface area contributed by atoms with Gasteiger partial charge in [-0.05, 0) is 25.0 Å². The molecule has 0 atom stereocenters. The zero-order valence-corrected chi connectivity index (χ0v) is 16.9. The summed E-state index contributed by atoms with van der Waals surface area (Å²) in [5.41, 5.74) is 4.41. The summed E-state index contributed by atoms with van der Waals surface area (Å²) in [6, 6.07) is 5.00. The number of rotatable bonds is 5. The highest BCUT2D eigenvalue weighted by molar-refractivity contribution is 6.30. The SMILES string of the molecule is O=c1[nH]c(O)c(C=C2CNn3c2nc(NCc2cccc(Cl)c2F)nc3=NC2CC2)[nH]1. The molecule has 0 radical (unpaired) electrons. The van der Waals surface area contributed by atoms with Crippen molar-refractivity contribution in [1.82, 2.24) is 24.6 Å². The number of nitrogens with one attached hydrogen (secondary N) is 4. The van der Waals surface area contributed by atoms with E-state index in [4.69, 9.17) is 11.6 Å². The van der Waals surface area contributed by atoms with E-state index in [1.54, 1.807) is 22.9 Å². The molecule has 5 N–H and O–H groups in total. The first kappa shape index (κ1) is 19.4. The van der Waals surface area contributed by atoms with Crippen LogP contribution in [0.1, 0.15) is 29.9 Å². The largest absolute Gasteiger partial charge is 0.493 e. The third kappa shape index (κ3) is 3.91. The molecule has 1 saturated carbocycles. The van der Waals surface area contributed by atoms with Crippen LogP contribution in [0, 0.1) is 5.82 Å². The van der Waals surface area contributed by atoms with Crippen molar-refractivity contribution in [1.29, 1.82) is 0 Å². The number of H-pyrrole nitrogens is 2. The van der Waals surface area contributed by atoms with Gasteiger partial charge in [0, 0.05) is 17.7 Å². The molecule has 0 spiro atoms. The summed E-state index contributed by atoms with van der Waals surface area (Å²) in [5, 5.41) is 12.9. The molecule has 3 heterocycles. The Morgan fingerprint density at radius 3 is 2.94 bits per heavy atom. The predicted octanol–water partition coefficient (Wildman–Crippen LogP) is 1.57. The number of aromatic nitrogens is 5. The summed E-state index contributed by atoms with van der Waals surface area (Å²) in [6.07, 6.45) is 3.61. The lowest BCUT2D eigenvalue weighted by Crippen LogP contribution is -2.32. The van der Waals surface area contributed by atoms with Gasteiger partial charge in [0.15, 0.2) is 5.82 Å². The highest BCUT2D eigenvalue weighted by Gasteiger charge is 2.24. The van der Waals surface area contributed by atoms with Crippen LogP contribution < -0.4 is 22.1 Å². The number of nitrogens with zero attached hydrogens (tertiary/aromatic N) is 4. The standard InChI is InChI=1S/C19H18ClFN8O2/c20-12-3-1-2-9(14(12)21)7-22-17-26-15-10(6-13-16(30)27-19(31)25-13)8-23-29(15)18(28-17)24-11-4-5-11/h1-3,6,11,23,30H,4-5,7-8H2,(H,22,24,28)(H2,25,27,31). The molecule has 0 unspecified atom stereocenters. The van der Waals surface area contributed by atoms with Gasteiger partial charge in [0.2, 0.25) is 17.4 Å². The molecule has 2 aliphatic rings. The number of hydrogen-bond acceptors (Lipinski definition) is 7. The molecular formula is C19H18ClFN8O2. The fourth-order valence-corrected chi connectivity index (χ4v) is 3.39. The Morgan fingerprint density at radius 1 is 1.35 bits per heavy atom. The maximum Gasteiger partial charge on any atom is 0.326 e. The fraction of sp³-hybridized carbons (Fsp3) is 0.263. The van der Waals surface area contributed by atoms with Crippen LogP contribution in [0.25, 0.3) is 11.6 Å². The molecule has 1 aliphatic heterocycles. The number of aromatic hydroxyl groups is 1. The normalized spacial score (nSPS) is 17.1. The van der Waals surface area contributed by atoms with E-state index in [0.717, 1.165) is 12.8 Å². The molecule has 0 saturated heterocycles. The van der Waals surface area contributed by atoms with Crippen molar-refractivity contribution in [3.05, 3.63) is 62.2 Å². The van der Waals surface area contributed by atoms with Gasteiger partial charge in [0.1, 0.15) is 11.5 Å². The van der Waals surface area contributed by atoms with Crippen molar-refractivity contribution >= 4 is 29.2 Å². The van der Waals surface area contributed by atoms with Crippen LogP contribution in [0.2, 0.25) is 5.02 Å². The van der Waals surface area contributed by atoms with E-state index in [-0.39, 0.29) is 35.1 Å². The topological polar surface area (TPSA) is 136 Å². The van der Waals surface area contributed by atoms with Gasteiger partial charge in [-0.2, -0.15) is 9.97 Å². The van der Waals surface area contributed by atoms with Crippen molar-refractivity contribution in [2.24, 2.45) is 4.99 Å². The van der Waals surface area contributed by atoms with Gasteiger partial charge in [-0.15, -0.1) is 0 Å². The summed E-state index contributed by atoms with van der Waals surface area (Å²) in [7, 11) is 0. The summed E-state index contributed by atoms with van der Waals surface area (Å²) in [6.45, 7) is 0.526. The third-order valence-electron chi connectivity index (χ3n) is 4.91. The maximum atomic E-state index is 14.2. The van der Waals surface area contributed by atoms with Gasteiger partial charge in [0.05, 0.1) is 17.6 Å². The first-order valence-corrected chi connectivity index (χ1v) is 10.0. The quantitative estimate of drug-likeness (QED) is 0.405. The lowest BCUT2D eigenvalue weighted by molar-refractivity contribution is 0.454. The molecule has 12 heteroatoms. The van der Waals surface area contributed by atoms with Crippen LogP contribution in [-0.2, 0) is 6.54 Å². The van der Waals surface area contributed by atoms with Gasteiger partial charge in [-0.1, -0.05) is 23.7 Å². The Bertz CT molecular complexity index is 1320. The molecule has 10 nitrogen and oxygen atoms in total. The van der Waals surface area contributed by atoms with Gasteiger partial charge >= 0.3 is 5.69 Å². The molecular weight excluding hydrogens is 427 g/mol. The first-order valence-electron chi connectivity index (χ1n) is 9.65. The fourth-order valence-electron chi connectivity index (χ4n) is 3.19. The monoisotopic (exact) mass is 444 g/mol. The average molecular weight is 445 g/mol. The van der Waals surface area contributed by atoms with E-state index in [1.165, 1.54) is 6.07 Å². The van der Waals surface area contributed by atoms with E-state index in [0.29, 0.717) is 29.1 Å². The molecule has 31 heavy (non-hydrogen) atoms. The highest BCUT2D eigenvalue weighted by atomic mass is 35.5. The molecule has 0 bridgehead atoms. The molecule has 1 fully saturated rings. The van der Waals surface area contributed by atoms with Crippen molar-refractivity contribution < 1.29 is 9.50 Å². The van der Waals surface area contributed by atoms with E-state index in [2.05, 4.69) is 35.7 Å². The molecule has 5 rings (SSSR count). The van der Waals surface area contributed by atoms with Crippen molar-refractivity contribution in [3.8, 4) is 5.88 Å². The van der Waals surface area contributed by atoms with Gasteiger partial charge < -0.3 is 20.8 Å². The minimum atomic E-state index is -0.513. The molecule has 2 aromatic heterocycles. The molecule has 1 aliphatic carbocycles. The number of halogens is 2. The van der Waals surface area contributed by atoms with E-state index in [1.807, 2.05) is 0 Å². The van der Waals surface area contributed by atoms with Gasteiger partial charge in [0.25, 0.3) is 0 Å². The molecule has 3 aromatic rings. The lowest BCUT2D eigenvalue weighted by atomic mass is 10.2. The number of fused-ring (bicyclic) bond motifs is 1. The zero-order chi connectivity index (χ0) is 21.5. The second kappa shape index (κ2) is 7.58. The van der Waals surface area contributed by atoms with Crippen LogP contribution in [0.4, 0.5) is 10.3 Å². The highest BCUT2D eigenvalue weighted by Crippen LogP contribution is 2.24. The molecule has 160 valence electrons. The Hall–Kier alpha value is -3.60. The molecule has 1 aromatic carbocycles. The average Bonchev–Trinajstić information content (AvgIpc) is 3.37. The van der Waals surface area contributed by atoms with Crippen molar-refractivity contribution in [2.75, 3.05) is 17.3 Å². The lowest BCUT2D eigenvalue weighted by Gasteiger charge is -2.10. The Balaban J connectivity index is 1.52. The Morgan fingerprint density at radius 2 is 2.19 bits per heavy atom. The zero-order valence-electron chi connectivity index (χ0n) is 16.1. The molecule has 0 amide bonds. The van der Waals surface area contributed by atoms with Crippen LogP contribution in [-0.4, -0.2) is 42.3 Å². The second-order valence-corrected chi connectivity index (χ2v) is 7.69.